The van der Waals surface area contributed by atoms with Crippen LogP contribution in [0.1, 0.15) is 43.7 Å². The zero-order valence-electron chi connectivity index (χ0n) is 11.3. The monoisotopic (exact) mass is 275 g/mol. The summed E-state index contributed by atoms with van der Waals surface area (Å²) in [6.07, 6.45) is 7.28. The molecule has 1 nitrogen and oxygen atoms in total. The molecule has 0 spiro atoms. The largest absolute Gasteiger partial charge is 0.324 e. The number of rotatable bonds is 2. The SMILES string of the molecule is NC(c1ccc(Cl)cc1)C1C2CC3CC(C2)CC1C3. The van der Waals surface area contributed by atoms with Crippen LogP contribution in [0.15, 0.2) is 24.3 Å². The first-order valence-corrected chi connectivity index (χ1v) is 8.09. The van der Waals surface area contributed by atoms with Crippen LogP contribution in [0.4, 0.5) is 0 Å². The molecule has 1 aromatic carbocycles. The van der Waals surface area contributed by atoms with Gasteiger partial charge in [0.15, 0.2) is 0 Å². The lowest BCUT2D eigenvalue weighted by Crippen LogP contribution is -2.48. The van der Waals surface area contributed by atoms with Crippen molar-refractivity contribution >= 4 is 11.6 Å². The zero-order valence-corrected chi connectivity index (χ0v) is 12.0. The number of hydrogen-bond acceptors (Lipinski definition) is 1. The number of halogens is 1. The van der Waals surface area contributed by atoms with Gasteiger partial charge in [-0.05, 0) is 79.4 Å². The average molecular weight is 276 g/mol. The van der Waals surface area contributed by atoms with E-state index in [0.29, 0.717) is 5.92 Å². The summed E-state index contributed by atoms with van der Waals surface area (Å²) in [6.45, 7) is 0. The van der Waals surface area contributed by atoms with Crippen LogP contribution in [0.5, 0.6) is 0 Å². The van der Waals surface area contributed by atoms with E-state index in [4.69, 9.17) is 17.3 Å². The molecule has 4 saturated carbocycles. The molecule has 102 valence electrons. The van der Waals surface area contributed by atoms with Crippen molar-refractivity contribution in [3.63, 3.8) is 0 Å². The average Bonchev–Trinajstić information content (AvgIpc) is 2.38. The van der Waals surface area contributed by atoms with Gasteiger partial charge < -0.3 is 5.73 Å². The standard InChI is InChI=1S/C17H22ClN/c18-15-3-1-12(2-4-15)17(19)16-13-6-10-5-11(8-13)9-14(16)7-10/h1-4,10-11,13-14,16-17H,5-9,19H2. The van der Waals surface area contributed by atoms with Crippen LogP contribution in [-0.4, -0.2) is 0 Å². The maximum absolute atomic E-state index is 6.63. The molecular formula is C17H22ClN. The van der Waals surface area contributed by atoms with Crippen molar-refractivity contribution in [2.75, 3.05) is 0 Å². The molecule has 0 amide bonds. The van der Waals surface area contributed by atoms with Crippen molar-refractivity contribution in [3.05, 3.63) is 34.9 Å². The lowest BCUT2D eigenvalue weighted by atomic mass is 9.50. The maximum atomic E-state index is 6.63. The Hall–Kier alpha value is -0.530. The molecule has 0 aliphatic heterocycles. The van der Waals surface area contributed by atoms with Crippen molar-refractivity contribution < 1.29 is 0 Å². The number of nitrogens with two attached hydrogens (primary N) is 1. The van der Waals surface area contributed by atoms with E-state index in [9.17, 15) is 0 Å². The molecule has 0 heterocycles. The van der Waals surface area contributed by atoms with Crippen molar-refractivity contribution in [1.29, 1.82) is 0 Å². The van der Waals surface area contributed by atoms with Gasteiger partial charge in [0.2, 0.25) is 0 Å². The molecule has 4 aliphatic carbocycles. The summed E-state index contributed by atoms with van der Waals surface area (Å²) in [5.74, 6) is 4.55. The van der Waals surface area contributed by atoms with Crippen LogP contribution in [0.2, 0.25) is 5.02 Å². The van der Waals surface area contributed by atoms with E-state index < -0.39 is 0 Å². The molecule has 2 N–H and O–H groups in total. The Morgan fingerprint density at radius 2 is 1.42 bits per heavy atom. The number of hydrogen-bond donors (Lipinski definition) is 1. The Morgan fingerprint density at radius 1 is 0.895 bits per heavy atom. The Bertz CT molecular complexity index is 439. The molecule has 1 aromatic rings. The molecule has 0 saturated heterocycles. The van der Waals surface area contributed by atoms with E-state index in [1.807, 2.05) is 12.1 Å². The minimum Gasteiger partial charge on any atom is -0.324 e. The lowest BCUT2D eigenvalue weighted by Gasteiger charge is -2.56. The van der Waals surface area contributed by atoms with E-state index in [1.54, 1.807) is 0 Å². The Kier molecular flexibility index (Phi) is 2.89. The quantitative estimate of drug-likeness (QED) is 0.850. The Morgan fingerprint density at radius 3 is 1.95 bits per heavy atom. The van der Waals surface area contributed by atoms with E-state index in [-0.39, 0.29) is 6.04 Å². The molecule has 2 heteroatoms. The molecule has 19 heavy (non-hydrogen) atoms. The fourth-order valence-corrected chi connectivity index (χ4v) is 5.59. The highest BCUT2D eigenvalue weighted by Gasteiger charge is 2.49. The molecule has 5 rings (SSSR count). The summed E-state index contributed by atoms with van der Waals surface area (Å²) in [4.78, 5) is 0. The molecule has 1 unspecified atom stereocenters. The molecular weight excluding hydrogens is 254 g/mol. The van der Waals surface area contributed by atoms with Gasteiger partial charge in [-0.2, -0.15) is 0 Å². The van der Waals surface area contributed by atoms with E-state index >= 15 is 0 Å². The Balaban J connectivity index is 1.60. The first-order chi connectivity index (χ1) is 9.20. The summed E-state index contributed by atoms with van der Waals surface area (Å²) in [6, 6.07) is 8.42. The van der Waals surface area contributed by atoms with Gasteiger partial charge in [0, 0.05) is 11.1 Å². The smallest absolute Gasteiger partial charge is 0.0406 e. The number of benzene rings is 1. The van der Waals surface area contributed by atoms with Crippen LogP contribution in [0, 0.1) is 29.6 Å². The summed E-state index contributed by atoms with van der Waals surface area (Å²) < 4.78 is 0. The van der Waals surface area contributed by atoms with Crippen molar-refractivity contribution in [3.8, 4) is 0 Å². The summed E-state index contributed by atoms with van der Waals surface area (Å²) in [7, 11) is 0. The highest BCUT2D eigenvalue weighted by Crippen LogP contribution is 2.58. The van der Waals surface area contributed by atoms with Crippen LogP contribution < -0.4 is 5.73 Å². The second kappa shape index (κ2) is 4.49. The fraction of sp³-hybridized carbons (Fsp3) is 0.647. The van der Waals surface area contributed by atoms with E-state index in [1.165, 1.54) is 37.7 Å². The van der Waals surface area contributed by atoms with Gasteiger partial charge in [-0.1, -0.05) is 23.7 Å². The summed E-state index contributed by atoms with van der Waals surface area (Å²) in [5.41, 5.74) is 7.91. The third-order valence-electron chi connectivity index (χ3n) is 5.97. The second-order valence-electron chi connectivity index (χ2n) is 7.09. The third kappa shape index (κ3) is 2.02. The molecule has 4 aliphatic rings. The fourth-order valence-electron chi connectivity index (χ4n) is 5.46. The minimum atomic E-state index is 0.215. The van der Waals surface area contributed by atoms with Gasteiger partial charge in [0.25, 0.3) is 0 Å². The lowest BCUT2D eigenvalue weighted by molar-refractivity contribution is -0.0471. The topological polar surface area (TPSA) is 26.0 Å². The van der Waals surface area contributed by atoms with Crippen molar-refractivity contribution in [2.45, 2.75) is 38.1 Å². The highest BCUT2D eigenvalue weighted by atomic mass is 35.5. The van der Waals surface area contributed by atoms with E-state index in [2.05, 4.69) is 12.1 Å². The summed E-state index contributed by atoms with van der Waals surface area (Å²) in [5, 5.41) is 0.807. The van der Waals surface area contributed by atoms with E-state index in [0.717, 1.165) is 28.7 Å². The predicted molar refractivity (Wildman–Crippen MR) is 78.9 cm³/mol. The van der Waals surface area contributed by atoms with Crippen LogP contribution in [0.3, 0.4) is 0 Å². The van der Waals surface area contributed by atoms with Gasteiger partial charge in [-0.15, -0.1) is 0 Å². The first kappa shape index (κ1) is 12.2. The van der Waals surface area contributed by atoms with Gasteiger partial charge in [-0.3, -0.25) is 0 Å². The minimum absolute atomic E-state index is 0.215. The van der Waals surface area contributed by atoms with Gasteiger partial charge in [-0.25, -0.2) is 0 Å². The predicted octanol–water partition coefficient (Wildman–Crippen LogP) is 4.41. The first-order valence-electron chi connectivity index (χ1n) is 7.71. The molecule has 4 bridgehead atoms. The van der Waals surface area contributed by atoms with Crippen molar-refractivity contribution in [1.82, 2.24) is 0 Å². The molecule has 1 atom stereocenters. The highest BCUT2D eigenvalue weighted by molar-refractivity contribution is 6.30. The normalized spacial score (nSPS) is 41.5. The van der Waals surface area contributed by atoms with Crippen LogP contribution in [0.25, 0.3) is 0 Å². The second-order valence-corrected chi connectivity index (χ2v) is 7.52. The van der Waals surface area contributed by atoms with Gasteiger partial charge >= 0.3 is 0 Å². The zero-order chi connectivity index (χ0) is 13.0. The summed E-state index contributed by atoms with van der Waals surface area (Å²) >= 11 is 5.98. The van der Waals surface area contributed by atoms with Gasteiger partial charge in [0.05, 0.1) is 0 Å². The third-order valence-corrected chi connectivity index (χ3v) is 6.22. The van der Waals surface area contributed by atoms with Crippen LogP contribution >= 0.6 is 11.6 Å². The Labute approximate surface area is 120 Å². The van der Waals surface area contributed by atoms with Crippen LogP contribution in [-0.2, 0) is 0 Å². The molecule has 4 fully saturated rings. The molecule has 0 aromatic heterocycles. The van der Waals surface area contributed by atoms with Gasteiger partial charge in [0.1, 0.15) is 0 Å². The molecule has 0 radical (unpaired) electrons. The van der Waals surface area contributed by atoms with Crippen molar-refractivity contribution in [2.24, 2.45) is 35.3 Å². The maximum Gasteiger partial charge on any atom is 0.0406 e.